The highest BCUT2D eigenvalue weighted by Crippen LogP contribution is 2.34. The van der Waals surface area contributed by atoms with Gasteiger partial charge in [-0.1, -0.05) is 30.3 Å². The molecule has 0 saturated carbocycles. The molecule has 3 nitrogen and oxygen atoms in total. The first-order valence-electron chi connectivity index (χ1n) is 7.11. The number of hydrogen-bond donors (Lipinski definition) is 0. The van der Waals surface area contributed by atoms with Gasteiger partial charge in [0, 0.05) is 0 Å². The Bertz CT molecular complexity index is 688. The van der Waals surface area contributed by atoms with Crippen LogP contribution in [0.25, 0.3) is 0 Å². The number of rotatable bonds is 3. The molecule has 106 valence electrons. The molecular formula is C18H17NO2. The predicted octanol–water partition coefficient (Wildman–Crippen LogP) is 3.62. The largest absolute Gasteiger partial charge is 0.486 e. The molecule has 0 N–H and O–H groups in total. The van der Waals surface area contributed by atoms with Crippen molar-refractivity contribution in [2.45, 2.75) is 19.3 Å². The first-order valence-corrected chi connectivity index (χ1v) is 7.11. The Hall–Kier alpha value is -2.47. The van der Waals surface area contributed by atoms with E-state index in [0.29, 0.717) is 19.6 Å². The van der Waals surface area contributed by atoms with Crippen LogP contribution in [0.5, 0.6) is 11.5 Å². The second-order valence-corrected chi connectivity index (χ2v) is 5.22. The maximum Gasteiger partial charge on any atom is 0.161 e. The first-order chi connectivity index (χ1) is 10.3. The smallest absolute Gasteiger partial charge is 0.161 e. The van der Waals surface area contributed by atoms with Crippen LogP contribution >= 0.6 is 0 Å². The average molecular weight is 279 g/mol. The molecule has 1 aliphatic heterocycles. The van der Waals surface area contributed by atoms with E-state index >= 15 is 0 Å². The van der Waals surface area contributed by atoms with Gasteiger partial charge in [0.1, 0.15) is 13.2 Å². The van der Waals surface area contributed by atoms with Crippen molar-refractivity contribution in [1.29, 1.82) is 5.26 Å². The fraction of sp³-hybridized carbons (Fsp3) is 0.278. The Labute approximate surface area is 124 Å². The number of nitrogens with zero attached hydrogens (tertiary/aromatic N) is 1. The normalized spacial score (nSPS) is 14.3. The molecule has 0 bridgehead atoms. The van der Waals surface area contributed by atoms with Gasteiger partial charge in [0.05, 0.1) is 12.0 Å². The fourth-order valence-electron chi connectivity index (χ4n) is 2.57. The first kappa shape index (κ1) is 13.5. The van der Waals surface area contributed by atoms with Gasteiger partial charge in [-0.2, -0.15) is 5.26 Å². The molecule has 0 fully saturated rings. The number of aryl methyl sites for hydroxylation is 1. The maximum absolute atomic E-state index is 9.51. The second kappa shape index (κ2) is 5.88. The zero-order valence-electron chi connectivity index (χ0n) is 12.0. The lowest BCUT2D eigenvalue weighted by Crippen LogP contribution is -2.15. The third-order valence-electron chi connectivity index (χ3n) is 3.81. The van der Waals surface area contributed by atoms with Crippen LogP contribution in [-0.4, -0.2) is 13.2 Å². The summed E-state index contributed by atoms with van der Waals surface area (Å²) in [5.74, 6) is 1.32. The van der Waals surface area contributed by atoms with Crippen LogP contribution in [0, 0.1) is 18.3 Å². The van der Waals surface area contributed by atoms with E-state index < -0.39 is 0 Å². The third kappa shape index (κ3) is 2.85. The lowest BCUT2D eigenvalue weighted by atomic mass is 9.91. The standard InChI is InChI=1S/C18H17NO2/c1-13-4-2-3-5-14(13)10-16(12-19)15-6-7-17-18(11-15)21-9-8-20-17/h2-7,11,16H,8-10H2,1H3. The third-order valence-corrected chi connectivity index (χ3v) is 3.81. The van der Waals surface area contributed by atoms with Crippen LogP contribution in [0.4, 0.5) is 0 Å². The van der Waals surface area contributed by atoms with Gasteiger partial charge in [0.15, 0.2) is 11.5 Å². The Morgan fingerprint density at radius 2 is 1.86 bits per heavy atom. The summed E-state index contributed by atoms with van der Waals surface area (Å²) in [6.07, 6.45) is 0.711. The van der Waals surface area contributed by atoms with Crippen LogP contribution < -0.4 is 9.47 Å². The van der Waals surface area contributed by atoms with E-state index in [2.05, 4.69) is 25.1 Å². The van der Waals surface area contributed by atoms with Crippen molar-refractivity contribution in [3.8, 4) is 17.6 Å². The Kier molecular flexibility index (Phi) is 3.79. The van der Waals surface area contributed by atoms with Gasteiger partial charge < -0.3 is 9.47 Å². The molecule has 21 heavy (non-hydrogen) atoms. The quantitative estimate of drug-likeness (QED) is 0.861. The van der Waals surface area contributed by atoms with Crippen molar-refractivity contribution in [3.05, 3.63) is 59.2 Å². The number of benzene rings is 2. The average Bonchev–Trinajstić information content (AvgIpc) is 2.54. The predicted molar refractivity (Wildman–Crippen MR) is 80.7 cm³/mol. The van der Waals surface area contributed by atoms with Crippen molar-refractivity contribution in [2.75, 3.05) is 13.2 Å². The highest BCUT2D eigenvalue weighted by atomic mass is 16.6. The van der Waals surface area contributed by atoms with Crippen LogP contribution in [0.2, 0.25) is 0 Å². The summed E-state index contributed by atoms with van der Waals surface area (Å²) < 4.78 is 11.1. The van der Waals surface area contributed by atoms with E-state index in [1.54, 1.807) is 0 Å². The van der Waals surface area contributed by atoms with Crippen molar-refractivity contribution in [2.24, 2.45) is 0 Å². The summed E-state index contributed by atoms with van der Waals surface area (Å²) in [7, 11) is 0. The lowest BCUT2D eigenvalue weighted by Gasteiger charge is -2.20. The van der Waals surface area contributed by atoms with Gasteiger partial charge >= 0.3 is 0 Å². The zero-order valence-corrected chi connectivity index (χ0v) is 12.0. The summed E-state index contributed by atoms with van der Waals surface area (Å²) in [6, 6.07) is 16.4. The van der Waals surface area contributed by atoms with Crippen LogP contribution in [0.1, 0.15) is 22.6 Å². The Balaban J connectivity index is 1.87. The monoisotopic (exact) mass is 279 g/mol. The minimum atomic E-state index is -0.179. The second-order valence-electron chi connectivity index (χ2n) is 5.22. The summed E-state index contributed by atoms with van der Waals surface area (Å²) in [6.45, 7) is 3.22. The molecule has 0 aromatic heterocycles. The van der Waals surface area contributed by atoms with Gasteiger partial charge in [-0.15, -0.1) is 0 Å². The van der Waals surface area contributed by atoms with E-state index in [9.17, 15) is 5.26 Å². The molecule has 0 saturated heterocycles. The van der Waals surface area contributed by atoms with E-state index in [1.165, 1.54) is 11.1 Å². The van der Waals surface area contributed by atoms with Crippen molar-refractivity contribution in [1.82, 2.24) is 0 Å². The molecular weight excluding hydrogens is 262 g/mol. The fourth-order valence-corrected chi connectivity index (χ4v) is 2.57. The molecule has 0 aliphatic carbocycles. The van der Waals surface area contributed by atoms with E-state index in [-0.39, 0.29) is 5.92 Å². The van der Waals surface area contributed by atoms with Gasteiger partial charge in [0.25, 0.3) is 0 Å². The number of hydrogen-bond acceptors (Lipinski definition) is 3. The number of nitriles is 1. The van der Waals surface area contributed by atoms with Crippen LogP contribution in [0.3, 0.4) is 0 Å². The number of fused-ring (bicyclic) bond motifs is 1. The minimum absolute atomic E-state index is 0.179. The molecule has 2 aromatic rings. The number of ether oxygens (including phenoxy) is 2. The Morgan fingerprint density at radius 3 is 2.62 bits per heavy atom. The van der Waals surface area contributed by atoms with Gasteiger partial charge in [-0.3, -0.25) is 0 Å². The SMILES string of the molecule is Cc1ccccc1CC(C#N)c1ccc2c(c1)OCCO2. The van der Waals surface area contributed by atoms with Gasteiger partial charge in [-0.25, -0.2) is 0 Å². The molecule has 1 aliphatic rings. The van der Waals surface area contributed by atoms with Crippen molar-refractivity contribution < 1.29 is 9.47 Å². The minimum Gasteiger partial charge on any atom is -0.486 e. The molecule has 0 spiro atoms. The molecule has 3 heteroatoms. The van der Waals surface area contributed by atoms with E-state index in [4.69, 9.17) is 9.47 Å². The molecule has 3 rings (SSSR count). The Morgan fingerprint density at radius 1 is 1.10 bits per heavy atom. The molecule has 2 aromatic carbocycles. The highest BCUT2D eigenvalue weighted by molar-refractivity contribution is 5.46. The van der Waals surface area contributed by atoms with Crippen LogP contribution in [-0.2, 0) is 6.42 Å². The van der Waals surface area contributed by atoms with Crippen LogP contribution in [0.15, 0.2) is 42.5 Å². The van der Waals surface area contributed by atoms with Crippen molar-refractivity contribution in [3.63, 3.8) is 0 Å². The molecule has 1 unspecified atom stereocenters. The molecule has 0 radical (unpaired) electrons. The van der Waals surface area contributed by atoms with E-state index in [1.807, 2.05) is 30.3 Å². The molecule has 1 atom stereocenters. The summed E-state index contributed by atoms with van der Waals surface area (Å²) >= 11 is 0. The summed E-state index contributed by atoms with van der Waals surface area (Å²) in [5.41, 5.74) is 3.40. The zero-order chi connectivity index (χ0) is 14.7. The van der Waals surface area contributed by atoms with Gasteiger partial charge in [0.2, 0.25) is 0 Å². The van der Waals surface area contributed by atoms with E-state index in [0.717, 1.165) is 17.1 Å². The topological polar surface area (TPSA) is 42.2 Å². The molecule has 0 amide bonds. The highest BCUT2D eigenvalue weighted by Gasteiger charge is 2.17. The van der Waals surface area contributed by atoms with Crippen molar-refractivity contribution >= 4 is 0 Å². The van der Waals surface area contributed by atoms with Gasteiger partial charge in [-0.05, 0) is 42.2 Å². The lowest BCUT2D eigenvalue weighted by molar-refractivity contribution is 0.171. The summed E-state index contributed by atoms with van der Waals surface area (Å²) in [4.78, 5) is 0. The molecule has 1 heterocycles. The maximum atomic E-state index is 9.51. The summed E-state index contributed by atoms with van der Waals surface area (Å²) in [5, 5.41) is 9.51.